The van der Waals surface area contributed by atoms with E-state index in [9.17, 15) is 9.59 Å². The van der Waals surface area contributed by atoms with Gasteiger partial charge in [0.1, 0.15) is 11.4 Å². The van der Waals surface area contributed by atoms with Gasteiger partial charge in [-0.2, -0.15) is 0 Å². The number of esters is 1. The summed E-state index contributed by atoms with van der Waals surface area (Å²) in [6.07, 6.45) is 0. The van der Waals surface area contributed by atoms with E-state index in [1.807, 2.05) is 0 Å². The number of benzene rings is 1. The summed E-state index contributed by atoms with van der Waals surface area (Å²) in [5.74, 6) is -0.301. The van der Waals surface area contributed by atoms with Gasteiger partial charge in [-0.05, 0) is 31.5 Å². The van der Waals surface area contributed by atoms with E-state index in [0.717, 1.165) is 0 Å². The van der Waals surface area contributed by atoms with Gasteiger partial charge < -0.3 is 14.5 Å². The molecule has 22 heavy (non-hydrogen) atoms. The van der Waals surface area contributed by atoms with Crippen molar-refractivity contribution in [3.8, 4) is 5.75 Å². The number of ether oxygens (including phenoxy) is 2. The lowest BCUT2D eigenvalue weighted by atomic mass is 10.1. The minimum atomic E-state index is -0.508. The van der Waals surface area contributed by atoms with Gasteiger partial charge in [-0.15, -0.1) is 0 Å². The van der Waals surface area contributed by atoms with Crippen LogP contribution in [0.5, 0.6) is 5.75 Å². The lowest BCUT2D eigenvalue weighted by Gasteiger charge is -2.07. The summed E-state index contributed by atoms with van der Waals surface area (Å²) in [7, 11) is 1.29. The van der Waals surface area contributed by atoms with E-state index in [4.69, 9.17) is 16.3 Å². The SMILES string of the molecule is COC(=O)c1[nH]c(C)c(C(=O)COc2ccccc2Cl)c1C. The van der Waals surface area contributed by atoms with Crippen LogP contribution >= 0.6 is 11.6 Å². The molecule has 0 unspecified atom stereocenters. The van der Waals surface area contributed by atoms with Gasteiger partial charge in [0, 0.05) is 11.3 Å². The Morgan fingerprint density at radius 2 is 1.91 bits per heavy atom. The van der Waals surface area contributed by atoms with E-state index in [1.54, 1.807) is 38.1 Å². The monoisotopic (exact) mass is 321 g/mol. The molecular weight excluding hydrogens is 306 g/mol. The van der Waals surface area contributed by atoms with Crippen molar-refractivity contribution in [1.82, 2.24) is 4.98 Å². The van der Waals surface area contributed by atoms with Gasteiger partial charge in [0.25, 0.3) is 0 Å². The van der Waals surface area contributed by atoms with Crippen LogP contribution in [-0.4, -0.2) is 30.5 Å². The molecule has 0 saturated carbocycles. The quantitative estimate of drug-likeness (QED) is 0.677. The summed E-state index contributed by atoms with van der Waals surface area (Å²) in [6, 6.07) is 6.92. The van der Waals surface area contributed by atoms with E-state index >= 15 is 0 Å². The number of hydrogen-bond donors (Lipinski definition) is 1. The third-order valence-electron chi connectivity index (χ3n) is 3.30. The van der Waals surface area contributed by atoms with Crippen molar-refractivity contribution in [2.45, 2.75) is 13.8 Å². The number of aryl methyl sites for hydroxylation is 1. The highest BCUT2D eigenvalue weighted by Crippen LogP contribution is 2.24. The third kappa shape index (κ3) is 3.14. The van der Waals surface area contributed by atoms with Gasteiger partial charge in [-0.3, -0.25) is 4.79 Å². The summed E-state index contributed by atoms with van der Waals surface area (Å²) in [6.45, 7) is 3.25. The van der Waals surface area contributed by atoms with Gasteiger partial charge in [0.15, 0.2) is 6.61 Å². The smallest absolute Gasteiger partial charge is 0.354 e. The minimum Gasteiger partial charge on any atom is -0.484 e. The molecule has 0 amide bonds. The second-order valence-electron chi connectivity index (χ2n) is 4.76. The first-order valence-corrected chi connectivity index (χ1v) is 7.01. The average molecular weight is 322 g/mol. The molecule has 1 aromatic heterocycles. The molecule has 0 bridgehead atoms. The van der Waals surface area contributed by atoms with E-state index in [1.165, 1.54) is 7.11 Å². The number of nitrogens with one attached hydrogen (secondary N) is 1. The molecule has 116 valence electrons. The molecule has 0 aliphatic carbocycles. The van der Waals surface area contributed by atoms with Gasteiger partial charge in [-0.25, -0.2) is 4.79 Å². The maximum absolute atomic E-state index is 12.4. The van der Waals surface area contributed by atoms with Crippen LogP contribution in [0.1, 0.15) is 32.1 Å². The fraction of sp³-hybridized carbons (Fsp3) is 0.250. The number of carbonyl (C=O) groups is 2. The molecule has 2 rings (SSSR count). The predicted octanol–water partition coefficient (Wildman–Crippen LogP) is 3.33. The number of hydrogen-bond acceptors (Lipinski definition) is 4. The van der Waals surface area contributed by atoms with Crippen LogP contribution in [0.2, 0.25) is 5.02 Å². The van der Waals surface area contributed by atoms with Crippen LogP contribution in [0.25, 0.3) is 0 Å². The first-order valence-electron chi connectivity index (χ1n) is 6.63. The van der Waals surface area contributed by atoms with Gasteiger partial charge in [0.2, 0.25) is 5.78 Å². The zero-order valence-corrected chi connectivity index (χ0v) is 13.3. The number of aromatic nitrogens is 1. The Hall–Kier alpha value is -2.27. The zero-order valence-electron chi connectivity index (χ0n) is 12.5. The fourth-order valence-electron chi connectivity index (χ4n) is 2.25. The summed E-state index contributed by atoms with van der Waals surface area (Å²) < 4.78 is 10.1. The van der Waals surface area contributed by atoms with E-state index < -0.39 is 5.97 Å². The maximum Gasteiger partial charge on any atom is 0.354 e. The standard InChI is InChI=1S/C16H16ClNO4/c1-9-14(10(2)18-15(9)16(20)21-3)12(19)8-22-13-7-5-4-6-11(13)17/h4-7,18H,8H2,1-3H3. The summed E-state index contributed by atoms with van der Waals surface area (Å²) in [5, 5.41) is 0.438. The maximum atomic E-state index is 12.4. The molecule has 0 aliphatic heterocycles. The Morgan fingerprint density at radius 1 is 1.23 bits per heavy atom. The third-order valence-corrected chi connectivity index (χ3v) is 3.61. The van der Waals surface area contributed by atoms with Crippen molar-refractivity contribution in [3.63, 3.8) is 0 Å². The van der Waals surface area contributed by atoms with Crippen LogP contribution in [0.3, 0.4) is 0 Å². The Kier molecular flexibility index (Phi) is 4.88. The Bertz CT molecular complexity index is 721. The van der Waals surface area contributed by atoms with Crippen molar-refractivity contribution in [1.29, 1.82) is 0 Å². The van der Waals surface area contributed by atoms with E-state index in [2.05, 4.69) is 9.72 Å². The van der Waals surface area contributed by atoms with Crippen LogP contribution in [0.15, 0.2) is 24.3 Å². The molecule has 0 fully saturated rings. The molecule has 1 heterocycles. The molecule has 0 spiro atoms. The largest absolute Gasteiger partial charge is 0.484 e. The number of para-hydroxylation sites is 1. The number of Topliss-reactive ketones (excluding diaryl/α,β-unsaturated/α-hetero) is 1. The molecule has 1 aromatic carbocycles. The molecule has 0 atom stereocenters. The Labute approximate surface area is 133 Å². The number of H-pyrrole nitrogens is 1. The first-order chi connectivity index (χ1) is 10.5. The average Bonchev–Trinajstić information content (AvgIpc) is 2.80. The second-order valence-corrected chi connectivity index (χ2v) is 5.17. The number of carbonyl (C=O) groups excluding carboxylic acids is 2. The van der Waals surface area contributed by atoms with Gasteiger partial charge in [0.05, 0.1) is 12.1 Å². The summed E-state index contributed by atoms with van der Waals surface area (Å²) in [5.41, 5.74) is 1.87. The number of aromatic amines is 1. The molecular formula is C16H16ClNO4. The van der Waals surface area contributed by atoms with Gasteiger partial charge in [-0.1, -0.05) is 23.7 Å². The lowest BCUT2D eigenvalue weighted by Crippen LogP contribution is -2.13. The second kappa shape index (κ2) is 6.66. The van der Waals surface area contributed by atoms with Crippen LogP contribution in [0, 0.1) is 13.8 Å². The van der Waals surface area contributed by atoms with Gasteiger partial charge >= 0.3 is 5.97 Å². The van der Waals surface area contributed by atoms with Crippen molar-refractivity contribution >= 4 is 23.4 Å². The summed E-state index contributed by atoms with van der Waals surface area (Å²) in [4.78, 5) is 26.9. The highest BCUT2D eigenvalue weighted by Gasteiger charge is 2.22. The molecule has 5 nitrogen and oxygen atoms in total. The van der Waals surface area contributed by atoms with Crippen molar-refractivity contribution in [2.75, 3.05) is 13.7 Å². The van der Waals surface area contributed by atoms with Crippen molar-refractivity contribution < 1.29 is 19.1 Å². The highest BCUT2D eigenvalue weighted by molar-refractivity contribution is 6.32. The molecule has 0 aliphatic rings. The fourth-order valence-corrected chi connectivity index (χ4v) is 2.44. The first kappa shape index (κ1) is 16.1. The van der Waals surface area contributed by atoms with Crippen LogP contribution in [-0.2, 0) is 4.74 Å². The molecule has 0 radical (unpaired) electrons. The zero-order chi connectivity index (χ0) is 16.3. The number of rotatable bonds is 5. The molecule has 1 N–H and O–H groups in total. The van der Waals surface area contributed by atoms with Crippen molar-refractivity contribution in [2.24, 2.45) is 0 Å². The normalized spacial score (nSPS) is 10.4. The topological polar surface area (TPSA) is 68.4 Å². The number of halogens is 1. The van der Waals surface area contributed by atoms with E-state index in [-0.39, 0.29) is 18.1 Å². The Morgan fingerprint density at radius 3 is 2.55 bits per heavy atom. The number of ketones is 1. The van der Waals surface area contributed by atoms with Crippen LogP contribution in [0.4, 0.5) is 0 Å². The minimum absolute atomic E-state index is 0.163. The van der Waals surface area contributed by atoms with Crippen LogP contribution < -0.4 is 4.74 Å². The molecule has 0 saturated heterocycles. The Balaban J connectivity index is 2.18. The molecule has 2 aromatic rings. The lowest BCUT2D eigenvalue weighted by molar-refractivity contribution is 0.0594. The van der Waals surface area contributed by atoms with Crippen molar-refractivity contribution in [3.05, 3.63) is 51.8 Å². The highest BCUT2D eigenvalue weighted by atomic mass is 35.5. The van der Waals surface area contributed by atoms with E-state index in [0.29, 0.717) is 27.6 Å². The molecule has 6 heteroatoms. The predicted molar refractivity (Wildman–Crippen MR) is 82.9 cm³/mol. The summed E-state index contributed by atoms with van der Waals surface area (Å²) >= 11 is 5.98. The number of methoxy groups -OCH3 is 1.